The van der Waals surface area contributed by atoms with Crippen LogP contribution in [0.15, 0.2) is 24.3 Å². The van der Waals surface area contributed by atoms with Crippen LogP contribution < -0.4 is 0 Å². The lowest BCUT2D eigenvalue weighted by molar-refractivity contribution is -0.160. The van der Waals surface area contributed by atoms with Gasteiger partial charge in [-0.2, -0.15) is 0 Å². The number of aliphatic hydroxyl groups is 1. The minimum atomic E-state index is -1.30. The first kappa shape index (κ1) is 18.3. The molecule has 1 atom stereocenters. The maximum absolute atomic E-state index is 13.1. The highest BCUT2D eigenvalue weighted by molar-refractivity contribution is 5.86. The minimum Gasteiger partial charge on any atom is -0.379 e. The Kier molecular flexibility index (Phi) is 5.74. The van der Waals surface area contributed by atoms with E-state index in [-0.39, 0.29) is 11.7 Å². The zero-order chi connectivity index (χ0) is 17.9. The van der Waals surface area contributed by atoms with Crippen molar-refractivity contribution in [3.8, 4) is 0 Å². The van der Waals surface area contributed by atoms with E-state index in [0.29, 0.717) is 32.1 Å². The number of hydrogen-bond donors (Lipinski definition) is 1. The van der Waals surface area contributed by atoms with Crippen LogP contribution >= 0.6 is 0 Å². The Morgan fingerprint density at radius 1 is 1.20 bits per heavy atom. The Labute approximate surface area is 149 Å². The smallest absolute Gasteiger partial charge is 0.256 e. The number of likely N-dealkylation sites (N-methyl/N-ethyl adjacent to an activating group) is 1. The molecule has 1 N–H and O–H groups in total. The van der Waals surface area contributed by atoms with Gasteiger partial charge in [-0.15, -0.1) is 0 Å². The molecular formula is C20H29FN2O2. The minimum absolute atomic E-state index is 0.189. The summed E-state index contributed by atoms with van der Waals surface area (Å²) in [4.78, 5) is 16.8. The van der Waals surface area contributed by atoms with Crippen molar-refractivity contribution in [1.29, 1.82) is 0 Å². The van der Waals surface area contributed by atoms with Crippen molar-refractivity contribution in [3.63, 3.8) is 0 Å². The number of amides is 1. The van der Waals surface area contributed by atoms with Crippen LogP contribution in [-0.4, -0.2) is 52.6 Å². The Hall–Kier alpha value is -1.46. The molecule has 1 aromatic carbocycles. The van der Waals surface area contributed by atoms with Crippen LogP contribution in [0.1, 0.15) is 50.5 Å². The topological polar surface area (TPSA) is 43.8 Å². The van der Waals surface area contributed by atoms with Crippen LogP contribution in [0.2, 0.25) is 0 Å². The highest BCUT2D eigenvalue weighted by atomic mass is 19.1. The van der Waals surface area contributed by atoms with Crippen molar-refractivity contribution in [1.82, 2.24) is 9.80 Å². The first-order valence-corrected chi connectivity index (χ1v) is 9.44. The molecule has 0 bridgehead atoms. The highest BCUT2D eigenvalue weighted by Crippen LogP contribution is 2.28. The average molecular weight is 348 g/mol. The fourth-order valence-electron chi connectivity index (χ4n) is 4.24. The first-order valence-electron chi connectivity index (χ1n) is 9.44. The Bertz CT molecular complexity index is 586. The zero-order valence-electron chi connectivity index (χ0n) is 15.1. The molecule has 1 saturated heterocycles. The van der Waals surface area contributed by atoms with E-state index in [9.17, 15) is 14.3 Å². The van der Waals surface area contributed by atoms with Crippen molar-refractivity contribution in [2.45, 2.75) is 63.1 Å². The van der Waals surface area contributed by atoms with Gasteiger partial charge in [0.15, 0.2) is 5.60 Å². The molecule has 1 unspecified atom stereocenters. The van der Waals surface area contributed by atoms with Crippen LogP contribution in [-0.2, 0) is 11.3 Å². The van der Waals surface area contributed by atoms with Gasteiger partial charge in [-0.1, -0.05) is 31.4 Å². The summed E-state index contributed by atoms with van der Waals surface area (Å²) in [6, 6.07) is 6.69. The molecule has 1 amide bonds. The van der Waals surface area contributed by atoms with Crippen LogP contribution in [0.5, 0.6) is 0 Å². The fraction of sp³-hybridized carbons (Fsp3) is 0.650. The normalized spacial score (nSPS) is 25.6. The van der Waals surface area contributed by atoms with Crippen molar-refractivity contribution >= 4 is 5.91 Å². The largest absolute Gasteiger partial charge is 0.379 e. The first-order chi connectivity index (χ1) is 12.0. The number of benzene rings is 1. The second-order valence-electron chi connectivity index (χ2n) is 7.70. The summed E-state index contributed by atoms with van der Waals surface area (Å²) in [6.45, 7) is 1.47. The summed E-state index contributed by atoms with van der Waals surface area (Å²) in [7, 11) is 2.03. The number of hydrogen-bond acceptors (Lipinski definition) is 3. The maximum Gasteiger partial charge on any atom is 0.256 e. The zero-order valence-corrected chi connectivity index (χ0v) is 15.1. The molecule has 3 rings (SSSR count). The lowest BCUT2D eigenvalue weighted by Crippen LogP contribution is -2.59. The third-order valence-corrected chi connectivity index (χ3v) is 5.70. The fourth-order valence-corrected chi connectivity index (χ4v) is 4.24. The summed E-state index contributed by atoms with van der Waals surface area (Å²) in [5, 5.41) is 11.0. The van der Waals surface area contributed by atoms with Gasteiger partial charge < -0.3 is 14.9 Å². The third-order valence-electron chi connectivity index (χ3n) is 5.70. The van der Waals surface area contributed by atoms with E-state index < -0.39 is 5.60 Å². The molecule has 1 saturated carbocycles. The number of carbonyl (C=O) groups excluding carboxylic acids is 1. The van der Waals surface area contributed by atoms with Crippen LogP contribution in [0.25, 0.3) is 0 Å². The van der Waals surface area contributed by atoms with Gasteiger partial charge in [0.1, 0.15) is 5.82 Å². The van der Waals surface area contributed by atoms with Gasteiger partial charge in [0.2, 0.25) is 0 Å². The SMILES string of the molecule is CN(CC1(O)CCCN(Cc2ccc(F)cc2)C1=O)C1CCCCC1. The van der Waals surface area contributed by atoms with Crippen molar-refractivity contribution < 1.29 is 14.3 Å². The third kappa shape index (κ3) is 4.39. The van der Waals surface area contributed by atoms with Gasteiger partial charge >= 0.3 is 0 Å². The van der Waals surface area contributed by atoms with E-state index in [1.165, 1.54) is 31.4 Å². The molecule has 1 aromatic rings. The van der Waals surface area contributed by atoms with Crippen LogP contribution in [0.3, 0.4) is 0 Å². The molecular weight excluding hydrogens is 319 g/mol. The monoisotopic (exact) mass is 348 g/mol. The number of rotatable bonds is 5. The van der Waals surface area contributed by atoms with Gasteiger partial charge in [-0.25, -0.2) is 4.39 Å². The Balaban J connectivity index is 1.64. The van der Waals surface area contributed by atoms with E-state index in [1.54, 1.807) is 17.0 Å². The predicted octanol–water partition coefficient (Wildman–Crippen LogP) is 2.94. The second-order valence-corrected chi connectivity index (χ2v) is 7.70. The summed E-state index contributed by atoms with van der Waals surface area (Å²) in [5.74, 6) is -0.468. The van der Waals surface area contributed by atoms with Gasteiger partial charge in [0, 0.05) is 25.7 Å². The predicted molar refractivity (Wildman–Crippen MR) is 95.5 cm³/mol. The van der Waals surface area contributed by atoms with Crippen LogP contribution in [0.4, 0.5) is 4.39 Å². The van der Waals surface area contributed by atoms with E-state index in [2.05, 4.69) is 4.90 Å². The molecule has 0 spiro atoms. The van der Waals surface area contributed by atoms with Crippen LogP contribution in [0, 0.1) is 5.82 Å². The van der Waals surface area contributed by atoms with E-state index in [0.717, 1.165) is 24.8 Å². The summed E-state index contributed by atoms with van der Waals surface area (Å²) >= 11 is 0. The molecule has 1 heterocycles. The molecule has 2 aliphatic rings. The second kappa shape index (κ2) is 7.83. The van der Waals surface area contributed by atoms with E-state index in [4.69, 9.17) is 0 Å². The molecule has 1 aliphatic heterocycles. The van der Waals surface area contributed by atoms with Gasteiger partial charge in [0.25, 0.3) is 5.91 Å². The highest BCUT2D eigenvalue weighted by Gasteiger charge is 2.43. The van der Waals surface area contributed by atoms with Gasteiger partial charge in [-0.3, -0.25) is 4.79 Å². The standard InChI is InChI=1S/C20H29FN2O2/c1-22(18-6-3-2-4-7-18)15-20(25)12-5-13-23(19(20)24)14-16-8-10-17(21)11-9-16/h8-11,18,25H,2-7,12-15H2,1H3. The molecule has 0 aromatic heterocycles. The molecule has 4 nitrogen and oxygen atoms in total. The van der Waals surface area contributed by atoms with Gasteiger partial charge in [-0.05, 0) is 50.4 Å². The molecule has 0 radical (unpaired) electrons. The number of halogens is 1. The number of nitrogens with zero attached hydrogens (tertiary/aromatic N) is 2. The van der Waals surface area contributed by atoms with E-state index in [1.807, 2.05) is 7.05 Å². The lowest BCUT2D eigenvalue weighted by Gasteiger charge is -2.42. The number of piperidine rings is 1. The van der Waals surface area contributed by atoms with Gasteiger partial charge in [0.05, 0.1) is 0 Å². The molecule has 2 fully saturated rings. The average Bonchev–Trinajstić information content (AvgIpc) is 2.62. The number of likely N-dealkylation sites (tertiary alicyclic amines) is 1. The summed E-state index contributed by atoms with van der Waals surface area (Å²) < 4.78 is 13.1. The Morgan fingerprint density at radius 3 is 2.56 bits per heavy atom. The molecule has 25 heavy (non-hydrogen) atoms. The van der Waals surface area contributed by atoms with E-state index >= 15 is 0 Å². The number of carbonyl (C=O) groups is 1. The van der Waals surface area contributed by atoms with Crippen molar-refractivity contribution in [2.24, 2.45) is 0 Å². The Morgan fingerprint density at radius 2 is 1.88 bits per heavy atom. The van der Waals surface area contributed by atoms with Crippen molar-refractivity contribution in [2.75, 3.05) is 20.1 Å². The molecule has 1 aliphatic carbocycles. The quantitative estimate of drug-likeness (QED) is 0.890. The molecule has 5 heteroatoms. The molecule has 138 valence electrons. The lowest BCUT2D eigenvalue weighted by atomic mass is 9.88. The summed E-state index contributed by atoms with van der Waals surface area (Å²) in [6.07, 6.45) is 7.38. The van der Waals surface area contributed by atoms with Crippen molar-refractivity contribution in [3.05, 3.63) is 35.6 Å². The summed E-state index contributed by atoms with van der Waals surface area (Å²) in [5.41, 5.74) is -0.413. The maximum atomic E-state index is 13.1.